The molecule has 0 unspecified atom stereocenters. The molecule has 0 N–H and O–H groups in total. The molecule has 74 heavy (non-hydrogen) atoms. The number of aryl methyl sites for hydroxylation is 1. The highest BCUT2D eigenvalue weighted by atomic mass is 15.2. The van der Waals surface area contributed by atoms with E-state index in [1.807, 2.05) is 0 Å². The Morgan fingerprint density at radius 3 is 1.64 bits per heavy atom. The summed E-state index contributed by atoms with van der Waals surface area (Å²) in [6.45, 7) is 29.1. The summed E-state index contributed by atoms with van der Waals surface area (Å²) < 4.78 is 0. The fraction of sp³-hybridized carbons (Fsp3) is 0.296. The Kier molecular flexibility index (Phi) is 11.1. The predicted octanol–water partition coefficient (Wildman–Crippen LogP) is 17.3. The maximum atomic E-state index is 2.70. The van der Waals surface area contributed by atoms with Gasteiger partial charge in [0.05, 0.1) is 5.69 Å². The molecule has 0 bridgehead atoms. The van der Waals surface area contributed by atoms with E-state index in [-0.39, 0.29) is 33.8 Å². The molecule has 0 saturated heterocycles. The van der Waals surface area contributed by atoms with Crippen LogP contribution in [0.1, 0.15) is 152 Å². The van der Waals surface area contributed by atoms with Crippen molar-refractivity contribution >= 4 is 68.9 Å². The molecule has 0 atom stereocenters. The van der Waals surface area contributed by atoms with Gasteiger partial charge >= 0.3 is 0 Å². The van der Waals surface area contributed by atoms with Crippen molar-refractivity contribution in [3.8, 4) is 11.1 Å². The van der Waals surface area contributed by atoms with Gasteiger partial charge in [0.25, 0.3) is 6.71 Å². The van der Waals surface area contributed by atoms with Crippen molar-refractivity contribution in [2.24, 2.45) is 0 Å². The lowest BCUT2D eigenvalue weighted by atomic mass is 9.33. The second-order valence-corrected chi connectivity index (χ2v) is 26.0. The molecule has 8 aromatic carbocycles. The second-order valence-electron chi connectivity index (χ2n) is 26.0. The van der Waals surface area contributed by atoms with E-state index >= 15 is 0 Å². The Bertz CT molecular complexity index is 3550. The number of hydrogen-bond donors (Lipinski definition) is 0. The SMILES string of the molecule is Cc1cc2c3c(c1)N(c1ccc(C(C)(C)C)cc1-c1ccccc1)c1ccc(/C(=C\c4ccccc4)c4ccccc4)cc1B3c1cc3c(cc1N2c1ccc2c(c1)C(C)(C)CCC2(C)C)C(C)(C)CCC3(C)C. The van der Waals surface area contributed by atoms with Crippen LogP contribution in [-0.4, -0.2) is 6.71 Å². The molecule has 2 nitrogen and oxygen atoms in total. The molecule has 8 aromatic rings. The Balaban J connectivity index is 1.21. The quantitative estimate of drug-likeness (QED) is 0.121. The Hall–Kier alpha value is -6.84. The molecule has 370 valence electrons. The summed E-state index contributed by atoms with van der Waals surface area (Å²) in [5, 5.41) is 0. The number of anilines is 6. The molecule has 0 amide bonds. The first-order chi connectivity index (χ1) is 35.2. The van der Waals surface area contributed by atoms with Crippen LogP contribution in [0.5, 0.6) is 0 Å². The normalized spacial score (nSPS) is 17.7. The Morgan fingerprint density at radius 1 is 0.459 bits per heavy atom. The number of fused-ring (bicyclic) bond motifs is 6. The van der Waals surface area contributed by atoms with Crippen LogP contribution in [0.15, 0.2) is 170 Å². The highest BCUT2D eigenvalue weighted by Crippen LogP contribution is 2.53. The van der Waals surface area contributed by atoms with Gasteiger partial charge in [-0.15, -0.1) is 0 Å². The lowest BCUT2D eigenvalue weighted by Crippen LogP contribution is -2.62. The van der Waals surface area contributed by atoms with E-state index in [4.69, 9.17) is 0 Å². The Morgan fingerprint density at radius 2 is 1.00 bits per heavy atom. The monoisotopic (exact) mass is 965 g/mol. The molecule has 0 radical (unpaired) electrons. The highest BCUT2D eigenvalue weighted by Gasteiger charge is 2.47. The van der Waals surface area contributed by atoms with Crippen LogP contribution in [-0.2, 0) is 27.1 Å². The van der Waals surface area contributed by atoms with E-state index in [1.54, 1.807) is 0 Å². The first-order valence-corrected chi connectivity index (χ1v) is 27.5. The summed E-state index contributed by atoms with van der Waals surface area (Å²) in [5.41, 5.74) is 27.6. The van der Waals surface area contributed by atoms with Gasteiger partial charge in [-0.3, -0.25) is 0 Å². The maximum absolute atomic E-state index is 2.70. The molecule has 0 fully saturated rings. The number of nitrogens with zero attached hydrogens (tertiary/aromatic N) is 2. The molecule has 0 spiro atoms. The van der Waals surface area contributed by atoms with Gasteiger partial charge in [-0.05, 0) is 192 Å². The van der Waals surface area contributed by atoms with Gasteiger partial charge in [-0.25, -0.2) is 0 Å². The topological polar surface area (TPSA) is 6.48 Å². The van der Waals surface area contributed by atoms with Crippen LogP contribution >= 0.6 is 0 Å². The predicted molar refractivity (Wildman–Crippen MR) is 320 cm³/mol. The largest absolute Gasteiger partial charge is 0.311 e. The second kappa shape index (κ2) is 17.1. The van der Waals surface area contributed by atoms with Crippen molar-refractivity contribution in [3.63, 3.8) is 0 Å². The van der Waals surface area contributed by atoms with Crippen LogP contribution < -0.4 is 26.2 Å². The summed E-state index contributed by atoms with van der Waals surface area (Å²) in [6, 6.07) is 65.5. The fourth-order valence-corrected chi connectivity index (χ4v) is 13.3. The average molecular weight is 965 g/mol. The number of hydrogen-bond acceptors (Lipinski definition) is 2. The molecule has 2 heterocycles. The average Bonchev–Trinajstić information content (AvgIpc) is 3.41. The summed E-state index contributed by atoms with van der Waals surface area (Å²) in [5.74, 6) is 0. The van der Waals surface area contributed by atoms with E-state index in [2.05, 4.69) is 269 Å². The smallest absolute Gasteiger partial charge is 0.252 e. The zero-order valence-corrected chi connectivity index (χ0v) is 46.0. The van der Waals surface area contributed by atoms with Crippen LogP contribution in [0.3, 0.4) is 0 Å². The minimum Gasteiger partial charge on any atom is -0.311 e. The van der Waals surface area contributed by atoms with Gasteiger partial charge in [-0.2, -0.15) is 0 Å². The van der Waals surface area contributed by atoms with Crippen molar-refractivity contribution in [1.82, 2.24) is 0 Å². The van der Waals surface area contributed by atoms with Crippen LogP contribution in [0.25, 0.3) is 22.8 Å². The third kappa shape index (κ3) is 7.91. The van der Waals surface area contributed by atoms with E-state index in [0.29, 0.717) is 0 Å². The highest BCUT2D eigenvalue weighted by molar-refractivity contribution is 7.00. The molecule has 4 aliphatic rings. The fourth-order valence-electron chi connectivity index (χ4n) is 13.3. The Labute approximate surface area is 443 Å². The summed E-state index contributed by atoms with van der Waals surface area (Å²) >= 11 is 0. The van der Waals surface area contributed by atoms with Crippen LogP contribution in [0.4, 0.5) is 34.1 Å². The first kappa shape index (κ1) is 48.1. The molecule has 3 heteroatoms. The zero-order valence-electron chi connectivity index (χ0n) is 46.0. The van der Waals surface area contributed by atoms with Crippen molar-refractivity contribution < 1.29 is 0 Å². The van der Waals surface area contributed by atoms with Crippen LogP contribution in [0.2, 0.25) is 0 Å². The maximum Gasteiger partial charge on any atom is 0.252 e. The lowest BCUT2D eigenvalue weighted by Gasteiger charge is -2.48. The standard InChI is InChI=1S/C71H73BN2/c1-46-38-64-66-65(39-46)74(61-33-29-51(67(2,3)4)42-54(61)49-26-20-15-21-27-49)62-32-28-50(53(48-24-18-14-19-25-48)40-47-22-16-13-17-23-47)41-59(62)72(66)60-44-57-58(71(11,12)37-36-70(57,9)10)45-63(60)73(64)52-30-31-55-56(43-52)69(7,8)35-34-68(55,5)6/h13-33,38-45H,34-37H2,1-12H3/b53-40-. The molecular weight excluding hydrogens is 892 g/mol. The van der Waals surface area contributed by atoms with Crippen molar-refractivity contribution in [1.29, 1.82) is 0 Å². The zero-order chi connectivity index (χ0) is 51.7. The van der Waals surface area contributed by atoms with E-state index in [0.717, 1.165) is 12.8 Å². The van der Waals surface area contributed by atoms with Crippen molar-refractivity contribution in [3.05, 3.63) is 220 Å². The molecule has 0 aromatic heterocycles. The van der Waals surface area contributed by atoms with Gasteiger partial charge in [0, 0.05) is 34.0 Å². The summed E-state index contributed by atoms with van der Waals surface area (Å²) in [6.07, 6.45) is 7.06. The van der Waals surface area contributed by atoms with Gasteiger partial charge in [0.1, 0.15) is 0 Å². The molecule has 12 rings (SSSR count). The number of benzene rings is 8. The van der Waals surface area contributed by atoms with Gasteiger partial charge < -0.3 is 9.80 Å². The minimum atomic E-state index is -0.0417. The van der Waals surface area contributed by atoms with Gasteiger partial charge in [-0.1, -0.05) is 197 Å². The molecule has 2 aliphatic heterocycles. The minimum absolute atomic E-state index is 0.0200. The summed E-state index contributed by atoms with van der Waals surface area (Å²) in [4.78, 5) is 5.35. The van der Waals surface area contributed by atoms with Crippen molar-refractivity contribution in [2.45, 2.75) is 136 Å². The molecule has 2 aliphatic carbocycles. The van der Waals surface area contributed by atoms with E-state index in [1.165, 1.54) is 130 Å². The first-order valence-electron chi connectivity index (χ1n) is 27.5. The third-order valence-electron chi connectivity index (χ3n) is 18.0. The van der Waals surface area contributed by atoms with E-state index in [9.17, 15) is 0 Å². The van der Waals surface area contributed by atoms with E-state index < -0.39 is 0 Å². The van der Waals surface area contributed by atoms with Gasteiger partial charge in [0.15, 0.2) is 0 Å². The molecular formula is C71H73BN2. The molecule has 0 saturated carbocycles. The van der Waals surface area contributed by atoms with Crippen molar-refractivity contribution in [2.75, 3.05) is 9.80 Å². The number of rotatable bonds is 6. The lowest BCUT2D eigenvalue weighted by molar-refractivity contribution is 0.332. The van der Waals surface area contributed by atoms with Crippen LogP contribution in [0, 0.1) is 6.92 Å². The summed E-state index contributed by atoms with van der Waals surface area (Å²) in [7, 11) is 0. The van der Waals surface area contributed by atoms with Gasteiger partial charge in [0.2, 0.25) is 0 Å². The third-order valence-corrected chi connectivity index (χ3v) is 18.0.